The van der Waals surface area contributed by atoms with E-state index >= 15 is 0 Å². The fourth-order valence-electron chi connectivity index (χ4n) is 4.12. The van der Waals surface area contributed by atoms with Crippen LogP contribution in [0.25, 0.3) is 0 Å². The highest BCUT2D eigenvalue weighted by atomic mass is 16.4. The molecule has 1 aliphatic rings. The molecule has 3 rings (SSSR count). The first-order valence-corrected chi connectivity index (χ1v) is 9.87. The molecule has 0 fully saturated rings. The Bertz CT molecular complexity index is 937. The molecule has 0 aliphatic carbocycles. The van der Waals surface area contributed by atoms with Crippen molar-refractivity contribution in [1.82, 2.24) is 5.32 Å². The minimum Gasteiger partial charge on any atom is -0.478 e. The van der Waals surface area contributed by atoms with Gasteiger partial charge >= 0.3 is 12.0 Å². The number of fused-ring (bicyclic) bond motifs is 1. The molecule has 6 heteroatoms. The smallest absolute Gasteiger partial charge is 0.335 e. The molecule has 6 nitrogen and oxygen atoms in total. The van der Waals surface area contributed by atoms with Crippen LogP contribution < -0.4 is 15.5 Å². The van der Waals surface area contributed by atoms with Gasteiger partial charge in [-0.25, -0.2) is 9.59 Å². The second-order valence-electron chi connectivity index (χ2n) is 8.53. The molecule has 0 bridgehead atoms. The van der Waals surface area contributed by atoms with E-state index in [0.29, 0.717) is 5.56 Å². The van der Waals surface area contributed by atoms with Crippen LogP contribution in [0.15, 0.2) is 42.5 Å². The van der Waals surface area contributed by atoms with Crippen molar-refractivity contribution in [3.05, 3.63) is 59.2 Å². The summed E-state index contributed by atoms with van der Waals surface area (Å²) in [6, 6.07) is 13.2. The SMILES string of the molecule is CNC(=O)N(c1cccc(C2Nc3ccc(C(=O)O)cc3CC2(C)C)c1)C(C)C. The lowest BCUT2D eigenvalue weighted by molar-refractivity contribution is 0.0696. The van der Waals surface area contributed by atoms with Gasteiger partial charge in [0, 0.05) is 24.5 Å². The van der Waals surface area contributed by atoms with Crippen LogP contribution in [0.4, 0.5) is 16.2 Å². The van der Waals surface area contributed by atoms with E-state index in [1.165, 1.54) is 0 Å². The molecule has 1 unspecified atom stereocenters. The second kappa shape index (κ2) is 7.78. The molecule has 154 valence electrons. The standard InChI is InChI=1S/C23H29N3O3/c1-14(2)26(22(29)24-5)18-8-6-7-15(12-18)20-23(3,4)13-17-11-16(21(27)28)9-10-19(17)25-20/h6-12,14,20,25H,13H2,1-5H3,(H,24,29)(H,27,28). The van der Waals surface area contributed by atoms with Gasteiger partial charge in [0.1, 0.15) is 0 Å². The van der Waals surface area contributed by atoms with E-state index in [1.807, 2.05) is 32.0 Å². The van der Waals surface area contributed by atoms with Crippen molar-refractivity contribution in [1.29, 1.82) is 0 Å². The molecule has 0 saturated carbocycles. The molecule has 2 aromatic carbocycles. The Hall–Kier alpha value is -3.02. The third-order valence-corrected chi connectivity index (χ3v) is 5.51. The maximum absolute atomic E-state index is 12.4. The van der Waals surface area contributed by atoms with Gasteiger partial charge in [0.25, 0.3) is 0 Å². The van der Waals surface area contributed by atoms with Crippen molar-refractivity contribution in [2.24, 2.45) is 5.41 Å². The lowest BCUT2D eigenvalue weighted by Gasteiger charge is -2.41. The summed E-state index contributed by atoms with van der Waals surface area (Å²) in [5, 5.41) is 15.6. The summed E-state index contributed by atoms with van der Waals surface area (Å²) in [5.41, 5.74) is 4.07. The van der Waals surface area contributed by atoms with Crippen molar-refractivity contribution in [3.63, 3.8) is 0 Å². The molecular formula is C23H29N3O3. The van der Waals surface area contributed by atoms with Gasteiger partial charge in [-0.1, -0.05) is 26.0 Å². The number of hydrogen-bond donors (Lipinski definition) is 3. The fraction of sp³-hybridized carbons (Fsp3) is 0.391. The van der Waals surface area contributed by atoms with Gasteiger partial charge in [-0.2, -0.15) is 0 Å². The monoisotopic (exact) mass is 395 g/mol. The van der Waals surface area contributed by atoms with E-state index in [1.54, 1.807) is 24.1 Å². The Balaban J connectivity index is 1.98. The molecule has 0 radical (unpaired) electrons. The number of hydrogen-bond acceptors (Lipinski definition) is 3. The summed E-state index contributed by atoms with van der Waals surface area (Å²) in [6.45, 7) is 8.32. The average Bonchev–Trinajstić information content (AvgIpc) is 2.66. The number of carbonyl (C=O) groups excluding carboxylic acids is 1. The van der Waals surface area contributed by atoms with Crippen LogP contribution >= 0.6 is 0 Å². The first kappa shape index (κ1) is 20.7. The van der Waals surface area contributed by atoms with Crippen molar-refractivity contribution in [3.8, 4) is 0 Å². The minimum atomic E-state index is -0.914. The van der Waals surface area contributed by atoms with Gasteiger partial charge in [0.05, 0.1) is 11.6 Å². The zero-order valence-corrected chi connectivity index (χ0v) is 17.6. The number of urea groups is 1. The normalized spacial score (nSPS) is 17.2. The fourth-order valence-corrected chi connectivity index (χ4v) is 4.12. The van der Waals surface area contributed by atoms with E-state index in [0.717, 1.165) is 28.9 Å². The highest BCUT2D eigenvalue weighted by Crippen LogP contribution is 2.45. The third kappa shape index (κ3) is 4.06. The lowest BCUT2D eigenvalue weighted by Crippen LogP contribution is -2.43. The van der Waals surface area contributed by atoms with Gasteiger partial charge in [-0.3, -0.25) is 4.90 Å². The van der Waals surface area contributed by atoms with Crippen LogP contribution in [0.2, 0.25) is 0 Å². The summed E-state index contributed by atoms with van der Waals surface area (Å²) >= 11 is 0. The van der Waals surface area contributed by atoms with Crippen LogP contribution in [-0.4, -0.2) is 30.2 Å². The van der Waals surface area contributed by atoms with Crippen LogP contribution in [0.3, 0.4) is 0 Å². The summed E-state index contributed by atoms with van der Waals surface area (Å²) in [5.74, 6) is -0.914. The largest absolute Gasteiger partial charge is 0.478 e. The molecule has 1 heterocycles. The quantitative estimate of drug-likeness (QED) is 0.702. The van der Waals surface area contributed by atoms with Crippen LogP contribution in [0.5, 0.6) is 0 Å². The van der Waals surface area contributed by atoms with Gasteiger partial charge in [-0.05, 0) is 67.1 Å². The van der Waals surface area contributed by atoms with Gasteiger partial charge < -0.3 is 15.7 Å². The highest BCUT2D eigenvalue weighted by Gasteiger charge is 2.36. The Kier molecular flexibility index (Phi) is 5.55. The summed E-state index contributed by atoms with van der Waals surface area (Å²) < 4.78 is 0. The van der Waals surface area contributed by atoms with Crippen molar-refractivity contribution < 1.29 is 14.7 Å². The molecule has 1 aliphatic heterocycles. The molecule has 2 aromatic rings. The molecular weight excluding hydrogens is 366 g/mol. The van der Waals surface area contributed by atoms with E-state index < -0.39 is 5.97 Å². The van der Waals surface area contributed by atoms with Gasteiger partial charge in [0.15, 0.2) is 0 Å². The number of rotatable bonds is 4. The van der Waals surface area contributed by atoms with Crippen LogP contribution in [0, 0.1) is 5.41 Å². The predicted octanol–water partition coefficient (Wildman–Crippen LogP) is 4.67. The van der Waals surface area contributed by atoms with Crippen LogP contribution in [0.1, 0.15) is 55.2 Å². The topological polar surface area (TPSA) is 81.7 Å². The molecule has 0 saturated heterocycles. The van der Waals surface area contributed by atoms with E-state index in [9.17, 15) is 14.7 Å². The lowest BCUT2D eigenvalue weighted by atomic mass is 9.72. The number of amides is 2. The minimum absolute atomic E-state index is 0.0210. The predicted molar refractivity (Wildman–Crippen MR) is 116 cm³/mol. The molecule has 29 heavy (non-hydrogen) atoms. The molecule has 3 N–H and O–H groups in total. The number of carboxylic acids is 1. The number of nitrogens with one attached hydrogen (secondary N) is 2. The van der Waals surface area contributed by atoms with Crippen molar-refractivity contribution in [2.45, 2.75) is 46.2 Å². The van der Waals surface area contributed by atoms with E-state index in [4.69, 9.17) is 0 Å². The number of benzene rings is 2. The summed E-state index contributed by atoms with van der Waals surface area (Å²) in [7, 11) is 1.63. The number of anilines is 2. The van der Waals surface area contributed by atoms with E-state index in [-0.39, 0.29) is 23.5 Å². The summed E-state index contributed by atoms with van der Waals surface area (Å²) in [4.78, 5) is 25.4. The Morgan fingerprint density at radius 2 is 1.93 bits per heavy atom. The van der Waals surface area contributed by atoms with E-state index in [2.05, 4.69) is 36.6 Å². The van der Waals surface area contributed by atoms with Crippen molar-refractivity contribution in [2.75, 3.05) is 17.3 Å². The number of aromatic carboxylic acids is 1. The summed E-state index contributed by atoms with van der Waals surface area (Å²) in [6.07, 6.45) is 0.759. The molecule has 2 amide bonds. The Morgan fingerprint density at radius 1 is 1.21 bits per heavy atom. The number of nitrogens with zero attached hydrogens (tertiary/aromatic N) is 1. The maximum atomic E-state index is 12.4. The average molecular weight is 396 g/mol. The highest BCUT2D eigenvalue weighted by molar-refractivity contribution is 5.92. The number of carboxylic acid groups (broad SMARTS) is 1. The van der Waals surface area contributed by atoms with Gasteiger partial charge in [-0.15, -0.1) is 0 Å². The zero-order chi connectivity index (χ0) is 21.3. The second-order valence-corrected chi connectivity index (χ2v) is 8.53. The first-order chi connectivity index (χ1) is 13.6. The molecule has 0 spiro atoms. The Morgan fingerprint density at radius 3 is 2.55 bits per heavy atom. The number of carbonyl (C=O) groups is 2. The first-order valence-electron chi connectivity index (χ1n) is 9.87. The van der Waals surface area contributed by atoms with Crippen LogP contribution in [-0.2, 0) is 6.42 Å². The third-order valence-electron chi connectivity index (χ3n) is 5.51. The maximum Gasteiger partial charge on any atom is 0.335 e. The van der Waals surface area contributed by atoms with Crippen molar-refractivity contribution >= 4 is 23.4 Å². The molecule has 1 atom stereocenters. The Labute approximate surface area is 171 Å². The molecule has 0 aromatic heterocycles. The van der Waals surface area contributed by atoms with Gasteiger partial charge in [0.2, 0.25) is 0 Å². The zero-order valence-electron chi connectivity index (χ0n) is 17.6.